The van der Waals surface area contributed by atoms with Crippen LogP contribution in [0.25, 0.3) is 0 Å². The van der Waals surface area contributed by atoms with Gasteiger partial charge in [-0.25, -0.2) is 4.98 Å². The van der Waals surface area contributed by atoms with Gasteiger partial charge in [-0.05, 0) is 38.1 Å². The Balaban J connectivity index is 2.08. The fraction of sp³-hybridized carbons (Fsp3) is 0.357. The summed E-state index contributed by atoms with van der Waals surface area (Å²) in [5, 5.41) is 3.50. The summed E-state index contributed by atoms with van der Waals surface area (Å²) in [5.74, 6) is 0. The molecule has 3 nitrogen and oxygen atoms in total. The standard InChI is InChI=1S/C14H19N3S/c1-10-14(18-9-15-10)11(2)16-12-5-7-13(8-6-12)17(3)4/h5-9,11,16H,1-4H3. The van der Waals surface area contributed by atoms with Gasteiger partial charge in [0.1, 0.15) is 0 Å². The van der Waals surface area contributed by atoms with Gasteiger partial charge in [-0.15, -0.1) is 11.3 Å². The second-order valence-electron chi connectivity index (χ2n) is 4.61. The van der Waals surface area contributed by atoms with Gasteiger partial charge in [-0.3, -0.25) is 0 Å². The summed E-state index contributed by atoms with van der Waals surface area (Å²) in [7, 11) is 4.09. The molecule has 18 heavy (non-hydrogen) atoms. The maximum Gasteiger partial charge on any atom is 0.0798 e. The van der Waals surface area contributed by atoms with E-state index in [2.05, 4.69) is 53.3 Å². The number of thiazole rings is 1. The minimum absolute atomic E-state index is 0.294. The van der Waals surface area contributed by atoms with Crippen LogP contribution in [0.2, 0.25) is 0 Å². The van der Waals surface area contributed by atoms with Crippen molar-refractivity contribution in [2.24, 2.45) is 0 Å². The minimum Gasteiger partial charge on any atom is -0.378 e. The van der Waals surface area contributed by atoms with Crippen molar-refractivity contribution in [2.75, 3.05) is 24.3 Å². The third kappa shape index (κ3) is 2.82. The van der Waals surface area contributed by atoms with E-state index in [0.29, 0.717) is 6.04 Å². The van der Waals surface area contributed by atoms with E-state index in [1.807, 2.05) is 19.6 Å². The van der Waals surface area contributed by atoms with Crippen molar-refractivity contribution in [3.05, 3.63) is 40.3 Å². The van der Waals surface area contributed by atoms with E-state index in [1.165, 1.54) is 10.6 Å². The number of anilines is 2. The molecule has 1 aromatic heterocycles. The van der Waals surface area contributed by atoms with Crippen molar-refractivity contribution >= 4 is 22.7 Å². The quantitative estimate of drug-likeness (QED) is 0.909. The van der Waals surface area contributed by atoms with Crippen LogP contribution in [0.3, 0.4) is 0 Å². The van der Waals surface area contributed by atoms with Gasteiger partial charge in [0.15, 0.2) is 0 Å². The van der Waals surface area contributed by atoms with Crippen LogP contribution in [0.15, 0.2) is 29.8 Å². The van der Waals surface area contributed by atoms with E-state index < -0.39 is 0 Å². The molecule has 1 unspecified atom stereocenters. The second-order valence-corrected chi connectivity index (χ2v) is 5.50. The molecule has 1 atom stereocenters. The summed E-state index contributed by atoms with van der Waals surface area (Å²) >= 11 is 1.70. The lowest BCUT2D eigenvalue weighted by molar-refractivity contribution is 0.890. The molecule has 1 heterocycles. The number of nitrogens with zero attached hydrogens (tertiary/aromatic N) is 2. The molecule has 0 aliphatic heterocycles. The molecule has 4 heteroatoms. The van der Waals surface area contributed by atoms with Gasteiger partial charge in [0.05, 0.1) is 17.2 Å². The van der Waals surface area contributed by atoms with Crippen LogP contribution < -0.4 is 10.2 Å². The molecule has 0 amide bonds. The molecule has 0 aliphatic rings. The molecular weight excluding hydrogens is 242 g/mol. The highest BCUT2D eigenvalue weighted by atomic mass is 32.1. The Morgan fingerprint density at radius 3 is 2.39 bits per heavy atom. The Morgan fingerprint density at radius 2 is 1.89 bits per heavy atom. The number of aryl methyl sites for hydroxylation is 1. The smallest absolute Gasteiger partial charge is 0.0798 e. The van der Waals surface area contributed by atoms with Crippen LogP contribution in [0.4, 0.5) is 11.4 Å². The van der Waals surface area contributed by atoms with Crippen molar-refractivity contribution < 1.29 is 0 Å². The first-order valence-corrected chi connectivity index (χ1v) is 6.90. The van der Waals surface area contributed by atoms with E-state index in [0.717, 1.165) is 11.4 Å². The highest BCUT2D eigenvalue weighted by molar-refractivity contribution is 7.09. The summed E-state index contributed by atoms with van der Waals surface area (Å²) in [6, 6.07) is 8.76. The Labute approximate surface area is 112 Å². The van der Waals surface area contributed by atoms with Crippen molar-refractivity contribution in [3.8, 4) is 0 Å². The third-order valence-corrected chi connectivity index (χ3v) is 4.06. The number of nitrogens with one attached hydrogen (secondary N) is 1. The largest absolute Gasteiger partial charge is 0.378 e. The molecule has 1 aromatic carbocycles. The second kappa shape index (κ2) is 5.40. The molecule has 0 radical (unpaired) electrons. The first-order valence-electron chi connectivity index (χ1n) is 6.02. The van der Waals surface area contributed by atoms with Gasteiger partial charge >= 0.3 is 0 Å². The molecule has 0 bridgehead atoms. The molecule has 1 N–H and O–H groups in total. The third-order valence-electron chi connectivity index (χ3n) is 2.94. The van der Waals surface area contributed by atoms with Gasteiger partial charge in [-0.2, -0.15) is 0 Å². The van der Waals surface area contributed by atoms with E-state index in [9.17, 15) is 0 Å². The fourth-order valence-electron chi connectivity index (χ4n) is 1.90. The average Bonchev–Trinajstić information content (AvgIpc) is 2.76. The SMILES string of the molecule is Cc1ncsc1C(C)Nc1ccc(N(C)C)cc1. The molecule has 2 rings (SSSR count). The lowest BCUT2D eigenvalue weighted by Crippen LogP contribution is -2.09. The van der Waals surface area contributed by atoms with E-state index in [4.69, 9.17) is 0 Å². The predicted octanol–water partition coefficient (Wildman–Crippen LogP) is 3.69. The van der Waals surface area contributed by atoms with Crippen molar-refractivity contribution in [3.63, 3.8) is 0 Å². The van der Waals surface area contributed by atoms with Gasteiger partial charge in [-0.1, -0.05) is 0 Å². The summed E-state index contributed by atoms with van der Waals surface area (Å²) in [6.07, 6.45) is 0. The summed E-state index contributed by atoms with van der Waals surface area (Å²) in [6.45, 7) is 4.22. The van der Waals surface area contributed by atoms with Crippen LogP contribution in [0, 0.1) is 6.92 Å². The minimum atomic E-state index is 0.294. The van der Waals surface area contributed by atoms with Crippen molar-refractivity contribution in [2.45, 2.75) is 19.9 Å². The van der Waals surface area contributed by atoms with E-state index >= 15 is 0 Å². The van der Waals surface area contributed by atoms with Crippen LogP contribution in [0.1, 0.15) is 23.5 Å². The number of benzene rings is 1. The van der Waals surface area contributed by atoms with Gasteiger partial charge < -0.3 is 10.2 Å². The van der Waals surface area contributed by atoms with Crippen LogP contribution in [-0.2, 0) is 0 Å². The zero-order chi connectivity index (χ0) is 13.1. The summed E-state index contributed by atoms with van der Waals surface area (Å²) in [5.41, 5.74) is 5.37. The molecule has 0 fully saturated rings. The maximum absolute atomic E-state index is 4.29. The zero-order valence-corrected chi connectivity index (χ0v) is 12.1. The van der Waals surface area contributed by atoms with Crippen LogP contribution >= 0.6 is 11.3 Å². The van der Waals surface area contributed by atoms with Gasteiger partial charge in [0.2, 0.25) is 0 Å². The summed E-state index contributed by atoms with van der Waals surface area (Å²) < 4.78 is 0. The fourth-order valence-corrected chi connectivity index (χ4v) is 2.71. The highest BCUT2D eigenvalue weighted by Crippen LogP contribution is 2.25. The number of rotatable bonds is 4. The molecule has 96 valence electrons. The Morgan fingerprint density at radius 1 is 1.22 bits per heavy atom. The number of hydrogen-bond donors (Lipinski definition) is 1. The van der Waals surface area contributed by atoms with Gasteiger partial charge in [0, 0.05) is 30.3 Å². The molecule has 0 spiro atoms. The monoisotopic (exact) mass is 261 g/mol. The zero-order valence-electron chi connectivity index (χ0n) is 11.3. The Kier molecular flexibility index (Phi) is 3.87. The lowest BCUT2D eigenvalue weighted by Gasteiger charge is -2.16. The van der Waals surface area contributed by atoms with E-state index in [1.54, 1.807) is 11.3 Å². The number of aromatic nitrogens is 1. The first-order chi connectivity index (χ1) is 8.58. The topological polar surface area (TPSA) is 28.2 Å². The maximum atomic E-state index is 4.29. The molecule has 0 saturated heterocycles. The van der Waals surface area contributed by atoms with Gasteiger partial charge in [0.25, 0.3) is 0 Å². The number of hydrogen-bond acceptors (Lipinski definition) is 4. The normalized spacial score (nSPS) is 12.2. The first kappa shape index (κ1) is 12.9. The van der Waals surface area contributed by atoms with E-state index in [-0.39, 0.29) is 0 Å². The van der Waals surface area contributed by atoms with Crippen molar-refractivity contribution in [1.82, 2.24) is 4.98 Å². The van der Waals surface area contributed by atoms with Crippen LogP contribution in [0.5, 0.6) is 0 Å². The average molecular weight is 261 g/mol. The molecule has 2 aromatic rings. The van der Waals surface area contributed by atoms with Crippen molar-refractivity contribution in [1.29, 1.82) is 0 Å². The molecule has 0 aliphatic carbocycles. The highest BCUT2D eigenvalue weighted by Gasteiger charge is 2.10. The molecular formula is C14H19N3S. The Hall–Kier alpha value is -1.55. The summed E-state index contributed by atoms with van der Waals surface area (Å²) in [4.78, 5) is 7.68. The van der Waals surface area contributed by atoms with Crippen LogP contribution in [-0.4, -0.2) is 19.1 Å². The molecule has 0 saturated carbocycles. The predicted molar refractivity (Wildman–Crippen MR) is 79.7 cm³/mol. The lowest BCUT2D eigenvalue weighted by atomic mass is 10.2. The Bertz CT molecular complexity index is 502.